The molecule has 0 bridgehead atoms. The van der Waals surface area contributed by atoms with Crippen LogP contribution in [0.15, 0.2) is 74.4 Å². The Labute approximate surface area is 174 Å². The van der Waals surface area contributed by atoms with Crippen LogP contribution in [0.2, 0.25) is 0 Å². The molecule has 0 fully saturated rings. The molecule has 4 rings (SSSR count). The molecule has 4 heterocycles. The first kappa shape index (κ1) is 19.5. The van der Waals surface area contributed by atoms with Crippen LogP contribution in [0, 0.1) is 0 Å². The van der Waals surface area contributed by atoms with E-state index in [1.54, 1.807) is 18.2 Å². The highest BCUT2D eigenvalue weighted by Gasteiger charge is 2.09. The smallest absolute Gasteiger partial charge is 0.266 e. The number of hydrogen-bond donors (Lipinski definition) is 1. The van der Waals surface area contributed by atoms with E-state index in [1.165, 1.54) is 45.3 Å². The predicted octanol–water partition coefficient (Wildman–Crippen LogP) is 1.60. The van der Waals surface area contributed by atoms with Gasteiger partial charge in [-0.2, -0.15) is 5.10 Å². The molecule has 0 aromatic carbocycles. The van der Waals surface area contributed by atoms with Crippen molar-refractivity contribution in [3.8, 4) is 22.0 Å². The Morgan fingerprint density at radius 2 is 2.00 bits per heavy atom. The summed E-state index contributed by atoms with van der Waals surface area (Å²) in [6, 6.07) is 11.7. The standard InChI is InChI=1S/C20H17N5O4S/c26-18(12-24-13-22-15(11-20(24)28)16-3-1-9-29-16)21-7-8-25-19(27)6-5-14(23-25)17-4-2-10-30-17/h1-6,9-11,13H,7-8,12H2,(H,21,26). The van der Waals surface area contributed by atoms with Gasteiger partial charge < -0.3 is 9.73 Å². The lowest BCUT2D eigenvalue weighted by molar-refractivity contribution is -0.121. The van der Waals surface area contributed by atoms with Gasteiger partial charge in [-0.25, -0.2) is 9.67 Å². The summed E-state index contributed by atoms with van der Waals surface area (Å²) < 4.78 is 7.71. The number of hydrogen-bond acceptors (Lipinski definition) is 7. The van der Waals surface area contributed by atoms with Gasteiger partial charge in [0.1, 0.15) is 17.9 Å². The van der Waals surface area contributed by atoms with E-state index in [-0.39, 0.29) is 36.7 Å². The minimum Gasteiger partial charge on any atom is -0.463 e. The van der Waals surface area contributed by atoms with Crippen molar-refractivity contribution < 1.29 is 9.21 Å². The maximum absolute atomic E-state index is 12.2. The maximum atomic E-state index is 12.2. The maximum Gasteiger partial charge on any atom is 0.266 e. The normalized spacial score (nSPS) is 10.8. The molecule has 1 N–H and O–H groups in total. The van der Waals surface area contributed by atoms with Crippen molar-refractivity contribution in [2.45, 2.75) is 13.1 Å². The number of carbonyl (C=O) groups excluding carboxylic acids is 1. The van der Waals surface area contributed by atoms with Crippen LogP contribution in [0.5, 0.6) is 0 Å². The van der Waals surface area contributed by atoms with E-state index >= 15 is 0 Å². The van der Waals surface area contributed by atoms with Crippen molar-refractivity contribution in [1.82, 2.24) is 24.6 Å². The molecule has 0 spiro atoms. The zero-order valence-corrected chi connectivity index (χ0v) is 16.5. The minimum absolute atomic E-state index is 0.179. The van der Waals surface area contributed by atoms with Gasteiger partial charge in [0.2, 0.25) is 5.91 Å². The summed E-state index contributed by atoms with van der Waals surface area (Å²) in [6.45, 7) is 0.239. The molecule has 9 nitrogen and oxygen atoms in total. The topological polar surface area (TPSA) is 112 Å². The molecule has 0 saturated carbocycles. The number of amides is 1. The summed E-state index contributed by atoms with van der Waals surface area (Å²) in [4.78, 5) is 41.5. The second kappa shape index (κ2) is 8.70. The molecule has 152 valence electrons. The van der Waals surface area contributed by atoms with Gasteiger partial charge in [0, 0.05) is 18.7 Å². The van der Waals surface area contributed by atoms with E-state index < -0.39 is 0 Å². The lowest BCUT2D eigenvalue weighted by atomic mass is 10.3. The minimum atomic E-state index is -0.368. The Morgan fingerprint density at radius 3 is 2.73 bits per heavy atom. The van der Waals surface area contributed by atoms with Crippen LogP contribution < -0.4 is 16.4 Å². The van der Waals surface area contributed by atoms with Gasteiger partial charge in [-0.05, 0) is 29.6 Å². The largest absolute Gasteiger partial charge is 0.463 e. The summed E-state index contributed by atoms with van der Waals surface area (Å²) in [5, 5.41) is 8.96. The van der Waals surface area contributed by atoms with Gasteiger partial charge in [-0.3, -0.25) is 19.0 Å². The molecule has 4 aromatic rings. The summed E-state index contributed by atoms with van der Waals surface area (Å²) in [7, 11) is 0. The van der Waals surface area contributed by atoms with Crippen LogP contribution >= 0.6 is 11.3 Å². The Hall–Kier alpha value is -3.79. The molecule has 1 amide bonds. The van der Waals surface area contributed by atoms with Crippen molar-refractivity contribution in [3.63, 3.8) is 0 Å². The first-order valence-corrected chi connectivity index (χ1v) is 9.97. The third-order valence-electron chi connectivity index (χ3n) is 4.25. The van der Waals surface area contributed by atoms with Crippen molar-refractivity contribution in [3.05, 3.63) is 81.1 Å². The average Bonchev–Trinajstić information content (AvgIpc) is 3.45. The van der Waals surface area contributed by atoms with Crippen molar-refractivity contribution in [2.24, 2.45) is 0 Å². The first-order chi connectivity index (χ1) is 14.6. The lowest BCUT2D eigenvalue weighted by Crippen LogP contribution is -2.35. The van der Waals surface area contributed by atoms with Gasteiger partial charge in [0.15, 0.2) is 5.76 Å². The molecule has 0 unspecified atom stereocenters. The van der Waals surface area contributed by atoms with Gasteiger partial charge in [0.05, 0.1) is 24.0 Å². The number of rotatable bonds is 7. The van der Waals surface area contributed by atoms with Crippen LogP contribution in [0.3, 0.4) is 0 Å². The van der Waals surface area contributed by atoms with E-state index in [0.29, 0.717) is 17.1 Å². The zero-order valence-electron chi connectivity index (χ0n) is 15.7. The molecule has 0 aliphatic carbocycles. The molecule has 0 aliphatic rings. The number of nitrogens with one attached hydrogen (secondary N) is 1. The molecular weight excluding hydrogens is 406 g/mol. The highest BCUT2D eigenvalue weighted by molar-refractivity contribution is 7.13. The van der Waals surface area contributed by atoms with E-state index in [0.717, 1.165) is 4.88 Å². The molecule has 0 radical (unpaired) electrons. The first-order valence-electron chi connectivity index (χ1n) is 9.09. The van der Waals surface area contributed by atoms with E-state index in [4.69, 9.17) is 4.42 Å². The summed E-state index contributed by atoms with van der Waals surface area (Å²) >= 11 is 1.53. The zero-order chi connectivity index (χ0) is 20.9. The van der Waals surface area contributed by atoms with Gasteiger partial charge in [-0.15, -0.1) is 11.3 Å². The highest BCUT2D eigenvalue weighted by atomic mass is 32.1. The van der Waals surface area contributed by atoms with Gasteiger partial charge in [-0.1, -0.05) is 6.07 Å². The second-order valence-corrected chi connectivity index (χ2v) is 7.27. The number of thiophene rings is 1. The van der Waals surface area contributed by atoms with Crippen molar-refractivity contribution >= 4 is 17.2 Å². The summed E-state index contributed by atoms with van der Waals surface area (Å²) in [5.74, 6) is 0.110. The van der Waals surface area contributed by atoms with Crippen LogP contribution in [0.4, 0.5) is 0 Å². The number of nitrogens with zero attached hydrogens (tertiary/aromatic N) is 4. The molecule has 30 heavy (non-hydrogen) atoms. The Kier molecular flexibility index (Phi) is 5.66. The predicted molar refractivity (Wildman–Crippen MR) is 111 cm³/mol. The molecular formula is C20H17N5O4S. The van der Waals surface area contributed by atoms with Crippen molar-refractivity contribution in [1.29, 1.82) is 0 Å². The van der Waals surface area contributed by atoms with Crippen LogP contribution in [-0.2, 0) is 17.9 Å². The summed E-state index contributed by atoms with van der Waals surface area (Å²) in [6.07, 6.45) is 2.79. The Morgan fingerprint density at radius 1 is 1.10 bits per heavy atom. The van der Waals surface area contributed by atoms with Crippen LogP contribution in [0.1, 0.15) is 0 Å². The third-order valence-corrected chi connectivity index (χ3v) is 5.15. The number of carbonyl (C=O) groups is 1. The van der Waals surface area contributed by atoms with E-state index in [2.05, 4.69) is 15.4 Å². The van der Waals surface area contributed by atoms with Gasteiger partial charge in [0.25, 0.3) is 11.1 Å². The molecule has 0 aliphatic heterocycles. The second-order valence-electron chi connectivity index (χ2n) is 6.32. The van der Waals surface area contributed by atoms with Crippen LogP contribution in [-0.4, -0.2) is 31.8 Å². The van der Waals surface area contributed by atoms with E-state index in [9.17, 15) is 14.4 Å². The Balaban J connectivity index is 1.35. The molecule has 4 aromatic heterocycles. The SMILES string of the molecule is O=C(Cn1cnc(-c2ccco2)cc1=O)NCCn1nc(-c2cccs2)ccc1=O. The highest BCUT2D eigenvalue weighted by Crippen LogP contribution is 2.21. The third kappa shape index (κ3) is 4.44. The molecule has 10 heteroatoms. The fourth-order valence-electron chi connectivity index (χ4n) is 2.78. The lowest BCUT2D eigenvalue weighted by Gasteiger charge is -2.09. The number of furan rings is 1. The number of aromatic nitrogens is 4. The van der Waals surface area contributed by atoms with E-state index in [1.807, 2.05) is 17.5 Å². The average molecular weight is 423 g/mol. The fourth-order valence-corrected chi connectivity index (χ4v) is 3.47. The fraction of sp³-hybridized carbons (Fsp3) is 0.150. The quantitative estimate of drug-likeness (QED) is 0.483. The summed E-state index contributed by atoms with van der Waals surface area (Å²) in [5.41, 5.74) is 0.481. The monoisotopic (exact) mass is 423 g/mol. The molecule has 0 saturated heterocycles. The van der Waals surface area contributed by atoms with Crippen LogP contribution in [0.25, 0.3) is 22.0 Å². The Bertz CT molecular complexity index is 1260. The van der Waals surface area contributed by atoms with Gasteiger partial charge >= 0.3 is 0 Å². The molecule has 0 atom stereocenters. The van der Waals surface area contributed by atoms with Crippen molar-refractivity contribution in [2.75, 3.05) is 6.54 Å².